The Morgan fingerprint density at radius 2 is 1.76 bits per heavy atom. The van der Waals surface area contributed by atoms with Crippen molar-refractivity contribution in [2.24, 2.45) is 0 Å². The van der Waals surface area contributed by atoms with Crippen molar-refractivity contribution in [3.05, 3.63) is 76.3 Å². The smallest absolute Gasteiger partial charge is 0.267 e. The van der Waals surface area contributed by atoms with Crippen LogP contribution in [0.4, 0.5) is 5.69 Å². The van der Waals surface area contributed by atoms with E-state index in [2.05, 4.69) is 15.0 Å². The summed E-state index contributed by atoms with van der Waals surface area (Å²) < 4.78 is 1.22. The van der Waals surface area contributed by atoms with Crippen molar-refractivity contribution < 1.29 is 4.79 Å². The maximum Gasteiger partial charge on any atom is 0.267 e. The summed E-state index contributed by atoms with van der Waals surface area (Å²) in [6, 6.07) is 14.4. The number of nitrogens with zero attached hydrogens (tertiary/aromatic N) is 5. The molecule has 1 amide bonds. The van der Waals surface area contributed by atoms with Gasteiger partial charge in [-0.2, -0.15) is 5.10 Å². The lowest BCUT2D eigenvalue weighted by atomic mass is 10.2. The van der Waals surface area contributed by atoms with Gasteiger partial charge in [0.25, 0.3) is 5.56 Å². The van der Waals surface area contributed by atoms with E-state index in [1.54, 1.807) is 23.4 Å². The SMILES string of the molecule is O=C(Cn1nc(-c2ccncc2)ccc1=O)N1CCN(c2cccc(Cl)c2)CC1. The Kier molecular flexibility index (Phi) is 5.57. The topological polar surface area (TPSA) is 71.3 Å². The van der Waals surface area contributed by atoms with Crippen molar-refractivity contribution in [3.8, 4) is 11.3 Å². The second-order valence-corrected chi connectivity index (χ2v) is 7.23. The molecule has 3 aromatic rings. The van der Waals surface area contributed by atoms with E-state index in [-0.39, 0.29) is 18.0 Å². The number of carbonyl (C=O) groups excluding carboxylic acids is 1. The van der Waals surface area contributed by atoms with E-state index in [0.717, 1.165) is 11.3 Å². The molecule has 148 valence electrons. The van der Waals surface area contributed by atoms with E-state index in [0.29, 0.717) is 36.9 Å². The largest absolute Gasteiger partial charge is 0.368 e. The fourth-order valence-corrected chi connectivity index (χ4v) is 3.54. The molecule has 1 aliphatic rings. The molecule has 0 radical (unpaired) electrons. The molecule has 29 heavy (non-hydrogen) atoms. The fourth-order valence-electron chi connectivity index (χ4n) is 3.35. The van der Waals surface area contributed by atoms with Gasteiger partial charge < -0.3 is 9.80 Å². The van der Waals surface area contributed by atoms with Crippen LogP contribution < -0.4 is 10.5 Å². The summed E-state index contributed by atoms with van der Waals surface area (Å²) in [5, 5.41) is 5.05. The predicted molar refractivity (Wildman–Crippen MR) is 112 cm³/mol. The molecule has 0 atom stereocenters. The van der Waals surface area contributed by atoms with Crippen molar-refractivity contribution in [1.82, 2.24) is 19.7 Å². The molecule has 0 bridgehead atoms. The van der Waals surface area contributed by atoms with Gasteiger partial charge >= 0.3 is 0 Å². The first-order valence-electron chi connectivity index (χ1n) is 9.37. The maximum absolute atomic E-state index is 12.7. The molecule has 1 aromatic carbocycles. The van der Waals surface area contributed by atoms with Gasteiger partial charge in [0.1, 0.15) is 6.54 Å². The van der Waals surface area contributed by atoms with Crippen molar-refractivity contribution in [2.75, 3.05) is 31.1 Å². The van der Waals surface area contributed by atoms with Gasteiger partial charge in [0, 0.05) is 60.9 Å². The molecule has 0 unspecified atom stereocenters. The number of piperazine rings is 1. The van der Waals surface area contributed by atoms with Gasteiger partial charge in [0.15, 0.2) is 0 Å². The number of halogens is 1. The van der Waals surface area contributed by atoms with Crippen LogP contribution in [0.2, 0.25) is 5.02 Å². The first-order valence-corrected chi connectivity index (χ1v) is 9.75. The number of hydrogen-bond acceptors (Lipinski definition) is 5. The molecule has 4 rings (SSSR count). The molecule has 3 heterocycles. The molecule has 8 heteroatoms. The van der Waals surface area contributed by atoms with E-state index < -0.39 is 0 Å². The van der Waals surface area contributed by atoms with Crippen LogP contribution >= 0.6 is 11.6 Å². The van der Waals surface area contributed by atoms with E-state index in [9.17, 15) is 9.59 Å². The normalized spacial score (nSPS) is 14.1. The van der Waals surface area contributed by atoms with Crippen LogP contribution in [-0.2, 0) is 11.3 Å². The molecule has 0 aliphatic carbocycles. The Morgan fingerprint density at radius 3 is 2.48 bits per heavy atom. The number of anilines is 1. The second-order valence-electron chi connectivity index (χ2n) is 6.80. The zero-order valence-electron chi connectivity index (χ0n) is 15.7. The summed E-state index contributed by atoms with van der Waals surface area (Å²) >= 11 is 6.07. The second kappa shape index (κ2) is 8.45. The van der Waals surface area contributed by atoms with Crippen LogP contribution in [0, 0.1) is 0 Å². The van der Waals surface area contributed by atoms with Gasteiger partial charge in [-0.3, -0.25) is 14.6 Å². The van der Waals surface area contributed by atoms with Crippen LogP contribution in [0.3, 0.4) is 0 Å². The number of carbonyl (C=O) groups is 1. The van der Waals surface area contributed by atoms with Gasteiger partial charge in [-0.25, -0.2) is 4.68 Å². The molecule has 7 nitrogen and oxygen atoms in total. The Balaban J connectivity index is 1.42. The van der Waals surface area contributed by atoms with E-state index >= 15 is 0 Å². The van der Waals surface area contributed by atoms with Gasteiger partial charge in [0.05, 0.1) is 5.69 Å². The number of pyridine rings is 1. The van der Waals surface area contributed by atoms with Crippen LogP contribution in [-0.4, -0.2) is 51.8 Å². The maximum atomic E-state index is 12.7. The Morgan fingerprint density at radius 1 is 1.00 bits per heavy atom. The highest BCUT2D eigenvalue weighted by Crippen LogP contribution is 2.21. The molecule has 1 aliphatic heterocycles. The van der Waals surface area contributed by atoms with Gasteiger partial charge in [-0.1, -0.05) is 17.7 Å². The lowest BCUT2D eigenvalue weighted by Gasteiger charge is -2.36. The average molecular weight is 410 g/mol. The molecule has 1 fully saturated rings. The Labute approximate surface area is 173 Å². The third-order valence-corrected chi connectivity index (χ3v) is 5.17. The molecule has 0 spiro atoms. The van der Waals surface area contributed by atoms with Crippen LogP contribution in [0.5, 0.6) is 0 Å². The standard InChI is InChI=1S/C21H20ClN5O2/c22-17-2-1-3-18(14-17)25-10-12-26(13-11-25)21(29)15-27-20(28)5-4-19(24-27)16-6-8-23-9-7-16/h1-9,14H,10-13,15H2. The summed E-state index contributed by atoms with van der Waals surface area (Å²) in [7, 11) is 0. The zero-order chi connectivity index (χ0) is 20.2. The molecule has 1 saturated heterocycles. The summed E-state index contributed by atoms with van der Waals surface area (Å²) in [5.74, 6) is -0.114. The minimum Gasteiger partial charge on any atom is -0.368 e. The number of aromatic nitrogens is 3. The Bertz CT molecular complexity index is 1060. The minimum atomic E-state index is -0.297. The van der Waals surface area contributed by atoms with E-state index in [4.69, 9.17) is 11.6 Å². The summed E-state index contributed by atoms with van der Waals surface area (Å²) in [5.41, 5.74) is 2.23. The van der Waals surface area contributed by atoms with Gasteiger partial charge in [-0.05, 0) is 36.4 Å². The average Bonchev–Trinajstić information content (AvgIpc) is 2.76. The van der Waals surface area contributed by atoms with E-state index in [1.165, 1.54) is 10.7 Å². The molecular formula is C21H20ClN5O2. The Hall–Kier alpha value is -3.19. The zero-order valence-corrected chi connectivity index (χ0v) is 16.5. The van der Waals surface area contributed by atoms with Crippen molar-refractivity contribution >= 4 is 23.2 Å². The highest BCUT2D eigenvalue weighted by Gasteiger charge is 2.22. The van der Waals surface area contributed by atoms with Crippen LogP contribution in [0.1, 0.15) is 0 Å². The third-order valence-electron chi connectivity index (χ3n) is 4.93. The monoisotopic (exact) mass is 409 g/mol. The highest BCUT2D eigenvalue weighted by atomic mass is 35.5. The summed E-state index contributed by atoms with van der Waals surface area (Å²) in [6.07, 6.45) is 3.33. The van der Waals surface area contributed by atoms with Crippen molar-refractivity contribution in [1.29, 1.82) is 0 Å². The molecular weight excluding hydrogens is 390 g/mol. The first-order chi connectivity index (χ1) is 14.1. The quantitative estimate of drug-likeness (QED) is 0.661. The van der Waals surface area contributed by atoms with Crippen LogP contribution in [0.25, 0.3) is 11.3 Å². The van der Waals surface area contributed by atoms with Crippen molar-refractivity contribution in [2.45, 2.75) is 6.54 Å². The lowest BCUT2D eigenvalue weighted by molar-refractivity contribution is -0.132. The summed E-state index contributed by atoms with van der Waals surface area (Å²) in [4.78, 5) is 32.9. The van der Waals surface area contributed by atoms with E-state index in [1.807, 2.05) is 36.4 Å². The first kappa shape index (κ1) is 19.1. The minimum absolute atomic E-state index is 0.0745. The molecule has 0 saturated carbocycles. The summed E-state index contributed by atoms with van der Waals surface area (Å²) in [6.45, 7) is 2.53. The third kappa shape index (κ3) is 4.46. The number of rotatable bonds is 4. The number of benzene rings is 1. The lowest BCUT2D eigenvalue weighted by Crippen LogP contribution is -2.50. The van der Waals surface area contributed by atoms with Gasteiger partial charge in [0.2, 0.25) is 5.91 Å². The highest BCUT2D eigenvalue weighted by molar-refractivity contribution is 6.30. The number of hydrogen-bond donors (Lipinski definition) is 0. The van der Waals surface area contributed by atoms with Crippen LogP contribution in [0.15, 0.2) is 65.7 Å². The molecule has 2 aromatic heterocycles. The van der Waals surface area contributed by atoms with Crippen molar-refractivity contribution in [3.63, 3.8) is 0 Å². The fraction of sp³-hybridized carbons (Fsp3) is 0.238. The van der Waals surface area contributed by atoms with Gasteiger partial charge in [-0.15, -0.1) is 0 Å². The molecule has 0 N–H and O–H groups in total. The predicted octanol–water partition coefficient (Wildman–Crippen LogP) is 2.31. The number of amides is 1.